The Morgan fingerprint density at radius 3 is 2.70 bits per heavy atom. The molecule has 1 aromatic carbocycles. The molecule has 5 nitrogen and oxygen atoms in total. The first-order chi connectivity index (χ1) is 9.58. The van der Waals surface area contributed by atoms with Crippen LogP contribution in [0.1, 0.15) is 18.4 Å². The fraction of sp³-hybridized carbons (Fsp3) is 0.400. The highest BCUT2D eigenvalue weighted by Gasteiger charge is 2.34. The molecule has 5 heteroatoms. The van der Waals surface area contributed by atoms with Gasteiger partial charge in [0, 0.05) is 13.0 Å². The number of rotatable bonds is 4. The molecule has 2 atom stereocenters. The maximum atomic E-state index is 12.2. The summed E-state index contributed by atoms with van der Waals surface area (Å²) in [6.45, 7) is 0.360. The van der Waals surface area contributed by atoms with Gasteiger partial charge in [0.1, 0.15) is 6.04 Å². The molecule has 0 aromatic heterocycles. The maximum absolute atomic E-state index is 12.2. The van der Waals surface area contributed by atoms with E-state index in [1.54, 1.807) is 6.42 Å². The van der Waals surface area contributed by atoms with E-state index < -0.39 is 18.1 Å². The number of hydrogen-bond acceptors (Lipinski definition) is 3. The zero-order valence-electron chi connectivity index (χ0n) is 11.2. The Bertz CT molecular complexity index is 475. The molecule has 2 rings (SSSR count). The Labute approximate surface area is 118 Å². The van der Waals surface area contributed by atoms with Crippen molar-refractivity contribution in [2.75, 3.05) is 6.54 Å². The molecule has 1 fully saturated rings. The van der Waals surface area contributed by atoms with Gasteiger partial charge < -0.3 is 15.7 Å². The van der Waals surface area contributed by atoms with Crippen molar-refractivity contribution in [1.29, 1.82) is 0 Å². The van der Waals surface area contributed by atoms with Crippen LogP contribution in [0.15, 0.2) is 30.3 Å². The standard InChI is InChI=1S/C15H19N2O3/c16-15(20)13-10-12(18)8-9-17(13)14(19)7-6-11-4-2-1-3-5-11/h1-5,7,12-13,18H,6,8-10H2,(H2,16,20). The molecule has 0 aliphatic carbocycles. The van der Waals surface area contributed by atoms with E-state index in [0.717, 1.165) is 5.56 Å². The highest BCUT2D eigenvalue weighted by Crippen LogP contribution is 2.18. The first kappa shape index (κ1) is 14.5. The first-order valence-corrected chi connectivity index (χ1v) is 6.73. The van der Waals surface area contributed by atoms with E-state index in [2.05, 4.69) is 0 Å². The van der Waals surface area contributed by atoms with Crippen LogP contribution in [0.2, 0.25) is 0 Å². The van der Waals surface area contributed by atoms with Crippen LogP contribution < -0.4 is 5.73 Å². The quantitative estimate of drug-likeness (QED) is 0.827. The molecule has 1 aromatic rings. The molecule has 1 radical (unpaired) electrons. The summed E-state index contributed by atoms with van der Waals surface area (Å²) in [5.41, 5.74) is 6.34. The molecule has 0 spiro atoms. The molecule has 2 unspecified atom stereocenters. The summed E-state index contributed by atoms with van der Waals surface area (Å²) in [6.07, 6.45) is 2.22. The number of carbonyl (C=O) groups is 2. The third-order valence-electron chi connectivity index (χ3n) is 3.54. The minimum absolute atomic E-state index is 0.204. The van der Waals surface area contributed by atoms with Gasteiger partial charge in [-0.3, -0.25) is 9.59 Å². The van der Waals surface area contributed by atoms with Crippen molar-refractivity contribution in [1.82, 2.24) is 4.90 Å². The molecule has 20 heavy (non-hydrogen) atoms. The Balaban J connectivity index is 1.95. The number of piperidine rings is 1. The average Bonchev–Trinajstić information content (AvgIpc) is 2.45. The number of primary amides is 1. The second-order valence-electron chi connectivity index (χ2n) is 5.02. The Kier molecular flexibility index (Phi) is 4.74. The van der Waals surface area contributed by atoms with Crippen molar-refractivity contribution in [3.63, 3.8) is 0 Å². The van der Waals surface area contributed by atoms with Crippen LogP contribution in [0.5, 0.6) is 0 Å². The highest BCUT2D eigenvalue weighted by molar-refractivity contribution is 5.91. The monoisotopic (exact) mass is 275 g/mol. The van der Waals surface area contributed by atoms with Gasteiger partial charge in [-0.2, -0.15) is 0 Å². The second kappa shape index (κ2) is 6.52. The van der Waals surface area contributed by atoms with Gasteiger partial charge in [-0.15, -0.1) is 0 Å². The van der Waals surface area contributed by atoms with E-state index in [1.165, 1.54) is 4.90 Å². The van der Waals surface area contributed by atoms with Gasteiger partial charge in [0.25, 0.3) is 0 Å². The summed E-state index contributed by atoms with van der Waals surface area (Å²) in [4.78, 5) is 25.0. The molecular weight excluding hydrogens is 256 g/mol. The summed E-state index contributed by atoms with van der Waals surface area (Å²) in [7, 11) is 0. The van der Waals surface area contributed by atoms with Gasteiger partial charge in [-0.1, -0.05) is 30.3 Å². The van der Waals surface area contributed by atoms with Crippen molar-refractivity contribution in [3.05, 3.63) is 42.3 Å². The number of carbonyl (C=O) groups excluding carboxylic acids is 2. The lowest BCUT2D eigenvalue weighted by Gasteiger charge is -2.36. The van der Waals surface area contributed by atoms with Crippen LogP contribution >= 0.6 is 0 Å². The maximum Gasteiger partial charge on any atom is 0.240 e. The number of nitrogens with zero attached hydrogens (tertiary/aromatic N) is 1. The van der Waals surface area contributed by atoms with Crippen molar-refractivity contribution >= 4 is 11.8 Å². The third kappa shape index (κ3) is 3.57. The van der Waals surface area contributed by atoms with Crippen LogP contribution in [0, 0.1) is 6.42 Å². The van der Waals surface area contributed by atoms with Gasteiger partial charge in [0.05, 0.1) is 12.5 Å². The lowest BCUT2D eigenvalue weighted by molar-refractivity contribution is -0.140. The van der Waals surface area contributed by atoms with Gasteiger partial charge in [0.2, 0.25) is 11.8 Å². The largest absolute Gasteiger partial charge is 0.393 e. The van der Waals surface area contributed by atoms with E-state index >= 15 is 0 Å². The molecule has 1 aliphatic heterocycles. The first-order valence-electron chi connectivity index (χ1n) is 6.73. The SMILES string of the molecule is NC(=O)C1CC(O)CCN1C(=O)[CH]Cc1ccccc1. The second-order valence-corrected chi connectivity index (χ2v) is 5.02. The Morgan fingerprint density at radius 2 is 2.05 bits per heavy atom. The van der Waals surface area contributed by atoms with E-state index in [4.69, 9.17) is 5.73 Å². The molecule has 1 heterocycles. The number of hydrogen-bond donors (Lipinski definition) is 2. The Morgan fingerprint density at radius 1 is 1.35 bits per heavy atom. The molecular formula is C15H19N2O3. The molecule has 0 saturated carbocycles. The minimum atomic E-state index is -0.710. The fourth-order valence-electron chi connectivity index (χ4n) is 2.42. The number of aliphatic hydroxyl groups is 1. The summed E-state index contributed by atoms with van der Waals surface area (Å²) >= 11 is 0. The molecule has 107 valence electrons. The molecule has 1 aliphatic rings. The summed E-state index contributed by atoms with van der Waals surface area (Å²) in [5, 5.41) is 9.58. The zero-order chi connectivity index (χ0) is 14.5. The van der Waals surface area contributed by atoms with Crippen molar-refractivity contribution < 1.29 is 14.7 Å². The van der Waals surface area contributed by atoms with Crippen LogP contribution in [0.25, 0.3) is 0 Å². The average molecular weight is 275 g/mol. The van der Waals surface area contributed by atoms with E-state index in [0.29, 0.717) is 19.4 Å². The fourth-order valence-corrected chi connectivity index (χ4v) is 2.42. The summed E-state index contributed by atoms with van der Waals surface area (Å²) in [5.74, 6) is -0.769. The normalized spacial score (nSPS) is 22.6. The number of amides is 2. The number of likely N-dealkylation sites (tertiary alicyclic amines) is 1. The van der Waals surface area contributed by atoms with Crippen molar-refractivity contribution in [2.45, 2.75) is 31.4 Å². The van der Waals surface area contributed by atoms with E-state index in [9.17, 15) is 14.7 Å². The van der Waals surface area contributed by atoms with Crippen LogP contribution in [0.4, 0.5) is 0 Å². The van der Waals surface area contributed by atoms with Crippen LogP contribution in [0.3, 0.4) is 0 Å². The lowest BCUT2D eigenvalue weighted by atomic mass is 9.98. The predicted octanol–water partition coefficient (Wildman–Crippen LogP) is 0.271. The Hall–Kier alpha value is -1.88. The van der Waals surface area contributed by atoms with Crippen LogP contribution in [-0.4, -0.2) is 40.5 Å². The molecule has 3 N–H and O–H groups in total. The number of aliphatic hydroxyl groups excluding tert-OH is 1. The highest BCUT2D eigenvalue weighted by atomic mass is 16.3. The number of nitrogens with two attached hydrogens (primary N) is 1. The topological polar surface area (TPSA) is 83.6 Å². The lowest BCUT2D eigenvalue weighted by Crippen LogP contribution is -2.53. The molecule has 2 amide bonds. The summed E-state index contributed by atoms with van der Waals surface area (Å²) in [6, 6.07) is 8.91. The predicted molar refractivity (Wildman–Crippen MR) is 74.4 cm³/mol. The summed E-state index contributed by atoms with van der Waals surface area (Å²) < 4.78 is 0. The van der Waals surface area contributed by atoms with Gasteiger partial charge in [-0.25, -0.2) is 0 Å². The minimum Gasteiger partial charge on any atom is -0.393 e. The third-order valence-corrected chi connectivity index (χ3v) is 3.54. The zero-order valence-corrected chi connectivity index (χ0v) is 11.2. The molecule has 1 saturated heterocycles. The van der Waals surface area contributed by atoms with Gasteiger partial charge in [0.15, 0.2) is 0 Å². The van der Waals surface area contributed by atoms with E-state index in [1.807, 2.05) is 30.3 Å². The van der Waals surface area contributed by atoms with Gasteiger partial charge >= 0.3 is 0 Å². The molecule has 0 bridgehead atoms. The smallest absolute Gasteiger partial charge is 0.240 e. The van der Waals surface area contributed by atoms with Crippen molar-refractivity contribution in [2.24, 2.45) is 5.73 Å². The van der Waals surface area contributed by atoms with Crippen LogP contribution in [-0.2, 0) is 16.0 Å². The number of benzene rings is 1. The van der Waals surface area contributed by atoms with Crippen molar-refractivity contribution in [3.8, 4) is 0 Å². The van der Waals surface area contributed by atoms with E-state index in [-0.39, 0.29) is 12.3 Å². The van der Waals surface area contributed by atoms with Gasteiger partial charge in [-0.05, 0) is 18.4 Å².